The molecule has 1 saturated heterocycles. The smallest absolute Gasteiger partial charge is 0.140 e. The summed E-state index contributed by atoms with van der Waals surface area (Å²) in [4.78, 5) is 4.01. The summed E-state index contributed by atoms with van der Waals surface area (Å²) in [6.07, 6.45) is 4.49. The van der Waals surface area contributed by atoms with Gasteiger partial charge in [-0.15, -0.1) is 0 Å². The number of alkyl halides is 1. The Morgan fingerprint density at radius 3 is 2.79 bits per heavy atom. The van der Waals surface area contributed by atoms with Gasteiger partial charge in [0.1, 0.15) is 5.67 Å². The van der Waals surface area contributed by atoms with Crippen molar-refractivity contribution in [1.82, 2.24) is 10.3 Å². The number of hydrogen-bond donors (Lipinski definition) is 1. The van der Waals surface area contributed by atoms with Crippen LogP contribution in [0, 0.1) is 6.92 Å². The van der Waals surface area contributed by atoms with Crippen molar-refractivity contribution in [3.63, 3.8) is 0 Å². The lowest BCUT2D eigenvalue weighted by Gasteiger charge is -2.31. The molecule has 1 aromatic rings. The summed E-state index contributed by atoms with van der Waals surface area (Å²) in [6.45, 7) is 3.45. The zero-order chi connectivity index (χ0) is 10.0. The summed E-state index contributed by atoms with van der Waals surface area (Å²) >= 11 is 0. The van der Waals surface area contributed by atoms with Gasteiger partial charge in [-0.3, -0.25) is 4.98 Å². The average molecular weight is 194 g/mol. The normalized spacial score (nSPS) is 20.7. The van der Waals surface area contributed by atoms with Gasteiger partial charge in [0.15, 0.2) is 0 Å². The largest absolute Gasteiger partial charge is 0.316 e. The minimum Gasteiger partial charge on any atom is -0.316 e. The minimum absolute atomic E-state index is 0.555. The molecule has 0 unspecified atom stereocenters. The predicted octanol–water partition coefficient (Wildman–Crippen LogP) is 1.94. The Kier molecular flexibility index (Phi) is 2.50. The van der Waals surface area contributed by atoms with E-state index in [1.54, 1.807) is 12.4 Å². The Balaban J connectivity index is 2.32. The van der Waals surface area contributed by atoms with Gasteiger partial charge in [0.05, 0.1) is 0 Å². The fourth-order valence-electron chi connectivity index (χ4n) is 2.03. The average Bonchev–Trinajstić information content (AvgIpc) is 2.19. The monoisotopic (exact) mass is 194 g/mol. The van der Waals surface area contributed by atoms with E-state index in [0.717, 1.165) is 24.2 Å². The first-order chi connectivity index (χ1) is 6.72. The second kappa shape index (κ2) is 3.65. The molecule has 76 valence electrons. The molecule has 0 atom stereocenters. The maximum absolute atomic E-state index is 14.5. The van der Waals surface area contributed by atoms with Gasteiger partial charge >= 0.3 is 0 Å². The van der Waals surface area contributed by atoms with Gasteiger partial charge < -0.3 is 5.32 Å². The van der Waals surface area contributed by atoms with Crippen molar-refractivity contribution in [2.24, 2.45) is 0 Å². The van der Waals surface area contributed by atoms with E-state index in [0.29, 0.717) is 12.8 Å². The molecule has 2 heterocycles. The quantitative estimate of drug-likeness (QED) is 0.739. The molecule has 1 aliphatic rings. The van der Waals surface area contributed by atoms with Crippen molar-refractivity contribution in [1.29, 1.82) is 0 Å². The number of aromatic nitrogens is 1. The SMILES string of the molecule is Cc1ccncc1C1(F)CCNCC1. The van der Waals surface area contributed by atoms with Crippen molar-refractivity contribution in [2.45, 2.75) is 25.4 Å². The molecule has 14 heavy (non-hydrogen) atoms. The van der Waals surface area contributed by atoms with Crippen LogP contribution in [-0.4, -0.2) is 18.1 Å². The third kappa shape index (κ3) is 1.64. The summed E-state index contributed by atoms with van der Waals surface area (Å²) in [7, 11) is 0. The van der Waals surface area contributed by atoms with Crippen LogP contribution in [0.5, 0.6) is 0 Å². The van der Waals surface area contributed by atoms with Crippen LogP contribution in [0.1, 0.15) is 24.0 Å². The number of pyridine rings is 1. The van der Waals surface area contributed by atoms with Crippen LogP contribution in [0.25, 0.3) is 0 Å². The summed E-state index contributed by atoms with van der Waals surface area (Å²) in [6, 6.07) is 1.87. The summed E-state index contributed by atoms with van der Waals surface area (Å²) < 4.78 is 14.5. The molecule has 0 bridgehead atoms. The summed E-state index contributed by atoms with van der Waals surface area (Å²) in [5.41, 5.74) is 0.606. The van der Waals surface area contributed by atoms with E-state index in [2.05, 4.69) is 10.3 Å². The topological polar surface area (TPSA) is 24.9 Å². The van der Waals surface area contributed by atoms with E-state index in [1.807, 2.05) is 13.0 Å². The third-order valence-electron chi connectivity index (χ3n) is 2.92. The Hall–Kier alpha value is -0.960. The lowest BCUT2D eigenvalue weighted by atomic mass is 9.85. The second-order valence-corrected chi connectivity index (χ2v) is 3.91. The number of rotatable bonds is 1. The molecule has 0 radical (unpaired) electrons. The Bertz CT molecular complexity index is 319. The second-order valence-electron chi connectivity index (χ2n) is 3.91. The van der Waals surface area contributed by atoms with Crippen molar-refractivity contribution in [3.8, 4) is 0 Å². The van der Waals surface area contributed by atoms with Crippen molar-refractivity contribution >= 4 is 0 Å². The fourth-order valence-corrected chi connectivity index (χ4v) is 2.03. The van der Waals surface area contributed by atoms with Crippen LogP contribution >= 0.6 is 0 Å². The van der Waals surface area contributed by atoms with E-state index in [9.17, 15) is 4.39 Å². The first-order valence-electron chi connectivity index (χ1n) is 5.03. The lowest BCUT2D eigenvalue weighted by molar-refractivity contribution is 0.114. The zero-order valence-corrected chi connectivity index (χ0v) is 8.39. The zero-order valence-electron chi connectivity index (χ0n) is 8.39. The molecule has 0 amide bonds. The standard InChI is InChI=1S/C11H15FN2/c1-9-2-5-14-8-10(9)11(12)3-6-13-7-4-11/h2,5,8,13H,3-4,6-7H2,1H3. The van der Waals surface area contributed by atoms with Gasteiger partial charge in [-0.25, -0.2) is 4.39 Å². The molecular formula is C11H15FN2. The number of hydrogen-bond acceptors (Lipinski definition) is 2. The summed E-state index contributed by atoms with van der Waals surface area (Å²) in [5, 5.41) is 3.17. The third-order valence-corrected chi connectivity index (χ3v) is 2.92. The van der Waals surface area contributed by atoms with Gasteiger partial charge in [-0.05, 0) is 44.5 Å². The molecule has 0 aliphatic carbocycles. The molecule has 0 saturated carbocycles. The van der Waals surface area contributed by atoms with E-state index < -0.39 is 5.67 Å². The van der Waals surface area contributed by atoms with Gasteiger partial charge in [0.2, 0.25) is 0 Å². The maximum Gasteiger partial charge on any atom is 0.140 e. The van der Waals surface area contributed by atoms with Crippen LogP contribution in [0.15, 0.2) is 18.5 Å². The highest BCUT2D eigenvalue weighted by Crippen LogP contribution is 2.35. The van der Waals surface area contributed by atoms with Gasteiger partial charge in [0.25, 0.3) is 0 Å². The Morgan fingerprint density at radius 2 is 2.14 bits per heavy atom. The lowest BCUT2D eigenvalue weighted by Crippen LogP contribution is -2.37. The minimum atomic E-state index is -1.16. The van der Waals surface area contributed by atoms with Crippen LogP contribution < -0.4 is 5.32 Å². The van der Waals surface area contributed by atoms with Gasteiger partial charge in [-0.2, -0.15) is 0 Å². The van der Waals surface area contributed by atoms with Crippen LogP contribution in [0.3, 0.4) is 0 Å². The van der Waals surface area contributed by atoms with E-state index in [1.165, 1.54) is 0 Å². The molecule has 1 N–H and O–H groups in total. The number of nitrogens with one attached hydrogen (secondary N) is 1. The molecule has 1 aromatic heterocycles. The van der Waals surface area contributed by atoms with Crippen molar-refractivity contribution in [2.75, 3.05) is 13.1 Å². The number of halogens is 1. The van der Waals surface area contributed by atoms with E-state index in [-0.39, 0.29) is 0 Å². The fraction of sp³-hybridized carbons (Fsp3) is 0.545. The van der Waals surface area contributed by atoms with Gasteiger partial charge in [0, 0.05) is 18.0 Å². The molecule has 0 aromatic carbocycles. The number of nitrogens with zero attached hydrogens (tertiary/aromatic N) is 1. The Morgan fingerprint density at radius 1 is 1.43 bits per heavy atom. The van der Waals surface area contributed by atoms with Crippen LogP contribution in [0.2, 0.25) is 0 Å². The molecule has 2 rings (SSSR count). The molecule has 1 aliphatic heterocycles. The molecular weight excluding hydrogens is 179 g/mol. The maximum atomic E-state index is 14.5. The van der Waals surface area contributed by atoms with Crippen LogP contribution in [0.4, 0.5) is 4.39 Å². The van der Waals surface area contributed by atoms with Crippen LogP contribution in [-0.2, 0) is 5.67 Å². The van der Waals surface area contributed by atoms with Gasteiger partial charge in [-0.1, -0.05) is 0 Å². The highest BCUT2D eigenvalue weighted by molar-refractivity contribution is 5.28. The molecule has 1 fully saturated rings. The van der Waals surface area contributed by atoms with Crippen molar-refractivity contribution in [3.05, 3.63) is 29.6 Å². The number of aryl methyl sites for hydroxylation is 1. The molecule has 3 heteroatoms. The molecule has 2 nitrogen and oxygen atoms in total. The van der Waals surface area contributed by atoms with Crippen molar-refractivity contribution < 1.29 is 4.39 Å². The highest BCUT2D eigenvalue weighted by Gasteiger charge is 2.34. The Labute approximate surface area is 83.6 Å². The number of piperidine rings is 1. The summed E-state index contributed by atoms with van der Waals surface area (Å²) in [5.74, 6) is 0. The molecule has 0 spiro atoms. The highest BCUT2D eigenvalue weighted by atomic mass is 19.1. The van der Waals surface area contributed by atoms with E-state index >= 15 is 0 Å². The first kappa shape index (κ1) is 9.59. The predicted molar refractivity (Wildman–Crippen MR) is 53.9 cm³/mol. The first-order valence-corrected chi connectivity index (χ1v) is 5.03. The van der Waals surface area contributed by atoms with E-state index in [4.69, 9.17) is 0 Å².